The van der Waals surface area contributed by atoms with Gasteiger partial charge in [-0.25, -0.2) is 9.97 Å². The third-order valence-electron chi connectivity index (χ3n) is 6.56. The maximum atomic E-state index is 5.06. The van der Waals surface area contributed by atoms with Crippen molar-refractivity contribution in [3.63, 3.8) is 0 Å². The van der Waals surface area contributed by atoms with E-state index in [-0.39, 0.29) is 0 Å². The summed E-state index contributed by atoms with van der Waals surface area (Å²) < 4.78 is 0. The maximum absolute atomic E-state index is 5.06. The summed E-state index contributed by atoms with van der Waals surface area (Å²) in [5, 5.41) is 1.07. The van der Waals surface area contributed by atoms with E-state index < -0.39 is 0 Å². The fourth-order valence-corrected chi connectivity index (χ4v) is 4.68. The van der Waals surface area contributed by atoms with Gasteiger partial charge in [0.15, 0.2) is 5.82 Å². The monoisotopic (exact) mass is 450 g/mol. The van der Waals surface area contributed by atoms with Crippen LogP contribution in [0.15, 0.2) is 127 Å². The quantitative estimate of drug-likeness (QED) is 0.268. The van der Waals surface area contributed by atoms with Gasteiger partial charge in [0.1, 0.15) is 0 Å². The summed E-state index contributed by atoms with van der Waals surface area (Å²) in [5.41, 5.74) is 9.18. The lowest BCUT2D eigenvalue weighted by atomic mass is 9.98. The number of nitrogens with zero attached hydrogens (tertiary/aromatic N) is 2. The number of hydrogen-bond acceptors (Lipinski definition) is 2. The minimum Gasteiger partial charge on any atom is -0.228 e. The second-order valence-electron chi connectivity index (χ2n) is 8.99. The van der Waals surface area contributed by atoms with Gasteiger partial charge < -0.3 is 0 Å². The molecule has 4 aromatic carbocycles. The fourth-order valence-electron chi connectivity index (χ4n) is 4.68. The lowest BCUT2D eigenvalue weighted by molar-refractivity contribution is 0.994. The van der Waals surface area contributed by atoms with E-state index in [1.807, 2.05) is 12.1 Å². The molecule has 1 heterocycles. The highest BCUT2D eigenvalue weighted by Gasteiger charge is 2.12. The first-order valence-electron chi connectivity index (χ1n) is 12.2. The molecule has 0 radical (unpaired) electrons. The van der Waals surface area contributed by atoms with Gasteiger partial charge in [0.2, 0.25) is 0 Å². The Hall–Kier alpha value is -4.30. The number of rotatable bonds is 5. The van der Waals surface area contributed by atoms with E-state index in [0.29, 0.717) is 0 Å². The summed E-state index contributed by atoms with van der Waals surface area (Å²) >= 11 is 0. The maximum Gasteiger partial charge on any atom is 0.160 e. The Labute approximate surface area is 206 Å². The molecule has 0 bridgehead atoms. The molecule has 0 spiro atoms. The van der Waals surface area contributed by atoms with Crippen molar-refractivity contribution in [2.24, 2.45) is 0 Å². The van der Waals surface area contributed by atoms with E-state index in [1.165, 1.54) is 22.3 Å². The average Bonchev–Trinajstić information content (AvgIpc) is 2.94. The zero-order chi connectivity index (χ0) is 23.5. The number of aromatic nitrogens is 2. The second kappa shape index (κ2) is 9.52. The van der Waals surface area contributed by atoms with Crippen LogP contribution in [0, 0.1) is 0 Å². The standard InChI is InChI=1S/C33H26N2/c1-3-9-24(10-4-1)23-25-15-17-29(18-16-25)33-34-31-14-8-7-13-30(31)32(35-33)28-21-19-27(20-22-28)26-11-5-2-6-12-26/h2-3,5-22H,1,4,23H2. The Balaban J connectivity index is 1.36. The minimum atomic E-state index is 0.758. The van der Waals surface area contributed by atoms with Crippen LogP contribution < -0.4 is 0 Å². The largest absolute Gasteiger partial charge is 0.228 e. The second-order valence-corrected chi connectivity index (χ2v) is 8.99. The summed E-state index contributed by atoms with van der Waals surface area (Å²) in [6.07, 6.45) is 10.1. The van der Waals surface area contributed by atoms with Crippen molar-refractivity contribution < 1.29 is 0 Å². The molecule has 168 valence electrons. The summed E-state index contributed by atoms with van der Waals surface area (Å²) in [5.74, 6) is 0.758. The van der Waals surface area contributed by atoms with Gasteiger partial charge in [0.25, 0.3) is 0 Å². The molecule has 0 amide bonds. The SMILES string of the molecule is C1=CC(Cc2ccc(-c3nc(-c4ccc(-c5ccccc5)cc4)c4ccccc4n3)cc2)=CCC1. The molecule has 2 heteroatoms. The molecule has 6 rings (SSSR count). The third-order valence-corrected chi connectivity index (χ3v) is 6.56. The molecule has 1 aliphatic carbocycles. The van der Waals surface area contributed by atoms with Crippen LogP contribution in [-0.2, 0) is 6.42 Å². The van der Waals surface area contributed by atoms with Crippen LogP contribution in [0.2, 0.25) is 0 Å². The van der Waals surface area contributed by atoms with Gasteiger partial charge in [-0.1, -0.05) is 115 Å². The lowest BCUT2D eigenvalue weighted by Gasteiger charge is -2.11. The molecule has 0 saturated carbocycles. The summed E-state index contributed by atoms with van der Waals surface area (Å²) in [7, 11) is 0. The fraction of sp³-hybridized carbons (Fsp3) is 0.0909. The minimum absolute atomic E-state index is 0.758. The molecule has 2 nitrogen and oxygen atoms in total. The van der Waals surface area contributed by atoms with Crippen molar-refractivity contribution in [2.75, 3.05) is 0 Å². The van der Waals surface area contributed by atoms with Crippen LogP contribution in [0.25, 0.3) is 44.7 Å². The average molecular weight is 451 g/mol. The van der Waals surface area contributed by atoms with Crippen molar-refractivity contribution in [1.29, 1.82) is 0 Å². The van der Waals surface area contributed by atoms with Crippen molar-refractivity contribution in [1.82, 2.24) is 9.97 Å². The van der Waals surface area contributed by atoms with E-state index in [4.69, 9.17) is 9.97 Å². The molecular formula is C33H26N2. The van der Waals surface area contributed by atoms with E-state index in [2.05, 4.69) is 109 Å². The van der Waals surface area contributed by atoms with Gasteiger partial charge in [-0.2, -0.15) is 0 Å². The van der Waals surface area contributed by atoms with Crippen LogP contribution in [0.1, 0.15) is 18.4 Å². The molecule has 0 atom stereocenters. The first-order chi connectivity index (χ1) is 17.3. The number of hydrogen-bond donors (Lipinski definition) is 0. The third kappa shape index (κ3) is 4.56. The Bertz CT molecular complexity index is 1530. The van der Waals surface area contributed by atoms with Gasteiger partial charge in [-0.15, -0.1) is 0 Å². The van der Waals surface area contributed by atoms with Crippen LogP contribution in [0.3, 0.4) is 0 Å². The zero-order valence-electron chi connectivity index (χ0n) is 19.6. The molecule has 0 N–H and O–H groups in total. The van der Waals surface area contributed by atoms with Gasteiger partial charge in [-0.05, 0) is 47.6 Å². The number of allylic oxidation sites excluding steroid dienone is 4. The Morgan fingerprint density at radius 1 is 0.571 bits per heavy atom. The first kappa shape index (κ1) is 21.2. The van der Waals surface area contributed by atoms with Gasteiger partial charge >= 0.3 is 0 Å². The summed E-state index contributed by atoms with van der Waals surface area (Å²) in [4.78, 5) is 9.96. The molecule has 0 aliphatic heterocycles. The molecule has 35 heavy (non-hydrogen) atoms. The van der Waals surface area contributed by atoms with Gasteiger partial charge in [0, 0.05) is 16.5 Å². The smallest absolute Gasteiger partial charge is 0.160 e. The first-order valence-corrected chi connectivity index (χ1v) is 12.2. The molecule has 1 aromatic heterocycles. The normalized spacial score (nSPS) is 13.1. The molecule has 0 fully saturated rings. The van der Waals surface area contributed by atoms with E-state index in [1.54, 1.807) is 0 Å². The lowest BCUT2D eigenvalue weighted by Crippen LogP contribution is -1.96. The Morgan fingerprint density at radius 2 is 1.26 bits per heavy atom. The molecular weight excluding hydrogens is 424 g/mol. The highest BCUT2D eigenvalue weighted by molar-refractivity contribution is 5.93. The van der Waals surface area contributed by atoms with Crippen LogP contribution in [-0.4, -0.2) is 9.97 Å². The van der Waals surface area contributed by atoms with E-state index in [9.17, 15) is 0 Å². The van der Waals surface area contributed by atoms with Gasteiger partial charge in [0.05, 0.1) is 11.2 Å². The number of para-hydroxylation sites is 1. The van der Waals surface area contributed by atoms with Crippen molar-refractivity contribution in [3.05, 3.63) is 132 Å². The highest BCUT2D eigenvalue weighted by Crippen LogP contribution is 2.31. The molecule has 5 aromatic rings. The van der Waals surface area contributed by atoms with Crippen molar-refractivity contribution >= 4 is 10.9 Å². The highest BCUT2D eigenvalue weighted by atomic mass is 14.9. The van der Waals surface area contributed by atoms with Crippen LogP contribution >= 0.6 is 0 Å². The summed E-state index contributed by atoms with van der Waals surface area (Å²) in [6.45, 7) is 0. The predicted molar refractivity (Wildman–Crippen MR) is 146 cm³/mol. The van der Waals surface area contributed by atoms with E-state index >= 15 is 0 Å². The van der Waals surface area contributed by atoms with Crippen molar-refractivity contribution in [2.45, 2.75) is 19.3 Å². The Kier molecular flexibility index (Phi) is 5.78. The van der Waals surface area contributed by atoms with Gasteiger partial charge in [-0.3, -0.25) is 0 Å². The molecule has 0 saturated heterocycles. The molecule has 1 aliphatic rings. The number of benzene rings is 4. The zero-order valence-corrected chi connectivity index (χ0v) is 19.6. The molecule has 0 unspecified atom stereocenters. The summed E-state index contributed by atoms with van der Waals surface area (Å²) in [6, 6.07) is 36.1. The van der Waals surface area contributed by atoms with E-state index in [0.717, 1.165) is 52.8 Å². The van der Waals surface area contributed by atoms with Crippen molar-refractivity contribution in [3.8, 4) is 33.8 Å². The van der Waals surface area contributed by atoms with Crippen LogP contribution in [0.5, 0.6) is 0 Å². The Morgan fingerprint density at radius 3 is 2.03 bits per heavy atom. The topological polar surface area (TPSA) is 25.8 Å². The van der Waals surface area contributed by atoms with Crippen LogP contribution in [0.4, 0.5) is 0 Å². The predicted octanol–water partition coefficient (Wildman–Crippen LogP) is 8.45. The number of fused-ring (bicyclic) bond motifs is 1.